The molecule has 3 heterocycles. The van der Waals surface area contributed by atoms with Crippen LogP contribution in [-0.4, -0.2) is 39.0 Å². The van der Waals surface area contributed by atoms with Crippen molar-refractivity contribution in [2.24, 2.45) is 0 Å². The van der Waals surface area contributed by atoms with Gasteiger partial charge in [0.05, 0.1) is 5.69 Å². The van der Waals surface area contributed by atoms with Crippen molar-refractivity contribution in [2.75, 3.05) is 18.4 Å². The Balaban J connectivity index is 1.81. The van der Waals surface area contributed by atoms with Crippen molar-refractivity contribution in [1.82, 2.24) is 19.9 Å². The highest BCUT2D eigenvalue weighted by Gasteiger charge is 2.26. The predicted octanol–water partition coefficient (Wildman–Crippen LogP) is 3.26. The van der Waals surface area contributed by atoms with Crippen molar-refractivity contribution >= 4 is 22.3 Å². The van der Waals surface area contributed by atoms with Gasteiger partial charge in [0.25, 0.3) is 0 Å². The van der Waals surface area contributed by atoms with Gasteiger partial charge in [-0.05, 0) is 33.2 Å². The summed E-state index contributed by atoms with van der Waals surface area (Å²) in [5, 5.41) is 6.14. The second kappa shape index (κ2) is 6.49. The Bertz CT molecular complexity index is 569. The fourth-order valence-electron chi connectivity index (χ4n) is 2.83. The van der Waals surface area contributed by atoms with Crippen LogP contribution in [-0.2, 0) is 0 Å². The van der Waals surface area contributed by atoms with E-state index in [1.54, 1.807) is 29.9 Å². The van der Waals surface area contributed by atoms with Gasteiger partial charge in [-0.2, -0.15) is 0 Å². The van der Waals surface area contributed by atoms with E-state index >= 15 is 0 Å². The minimum absolute atomic E-state index is 0.442. The number of hydrogen-bond acceptors (Lipinski definition) is 6. The van der Waals surface area contributed by atoms with Crippen molar-refractivity contribution in [1.29, 1.82) is 0 Å². The van der Waals surface area contributed by atoms with E-state index < -0.39 is 0 Å². The van der Waals surface area contributed by atoms with Crippen LogP contribution in [0.25, 0.3) is 0 Å². The van der Waals surface area contributed by atoms with Crippen molar-refractivity contribution in [2.45, 2.75) is 38.6 Å². The molecule has 0 unspecified atom stereocenters. The zero-order chi connectivity index (χ0) is 14.7. The molecule has 0 bridgehead atoms. The molecule has 1 aliphatic rings. The number of nitrogens with zero attached hydrogens (tertiary/aromatic N) is 4. The Hall–Kier alpha value is -1.53. The fourth-order valence-corrected chi connectivity index (χ4v) is 3.36. The molecule has 21 heavy (non-hydrogen) atoms. The summed E-state index contributed by atoms with van der Waals surface area (Å²) < 4.78 is 0. The molecule has 0 spiro atoms. The highest BCUT2D eigenvalue weighted by Crippen LogP contribution is 2.31. The van der Waals surface area contributed by atoms with Crippen LogP contribution in [0, 0.1) is 0 Å². The maximum absolute atomic E-state index is 4.60. The van der Waals surface area contributed by atoms with Gasteiger partial charge in [-0.15, -0.1) is 11.3 Å². The summed E-state index contributed by atoms with van der Waals surface area (Å²) in [5.74, 6) is 1.29. The Kier molecular flexibility index (Phi) is 4.45. The summed E-state index contributed by atoms with van der Waals surface area (Å²) in [5.41, 5.74) is 1.07. The third-order valence-electron chi connectivity index (χ3n) is 3.95. The summed E-state index contributed by atoms with van der Waals surface area (Å²) >= 11 is 1.58. The van der Waals surface area contributed by atoms with Crippen molar-refractivity contribution < 1.29 is 0 Å². The van der Waals surface area contributed by atoms with Crippen LogP contribution in [0.3, 0.4) is 0 Å². The molecule has 2 aromatic rings. The molecule has 0 aliphatic carbocycles. The first kappa shape index (κ1) is 14.4. The SMILES string of the molecule is CC(C)N1CCC[C@@H](c2nccnc2Nc2nccs2)C1. The molecule has 0 amide bonds. The topological polar surface area (TPSA) is 53.9 Å². The molecule has 0 aromatic carbocycles. The third kappa shape index (κ3) is 3.39. The molecule has 1 atom stereocenters. The Morgan fingerprint density at radius 3 is 2.86 bits per heavy atom. The number of likely N-dealkylation sites (tertiary alicyclic amines) is 1. The second-order valence-corrected chi connectivity index (χ2v) is 6.57. The van der Waals surface area contributed by atoms with Crippen molar-refractivity contribution in [3.8, 4) is 0 Å². The van der Waals surface area contributed by atoms with E-state index in [1.165, 1.54) is 19.4 Å². The minimum Gasteiger partial charge on any atom is -0.315 e. The van der Waals surface area contributed by atoms with E-state index in [2.05, 4.69) is 39.0 Å². The highest BCUT2D eigenvalue weighted by atomic mass is 32.1. The first-order chi connectivity index (χ1) is 10.2. The maximum atomic E-state index is 4.60. The van der Waals surface area contributed by atoms with Crippen LogP contribution in [0.1, 0.15) is 38.3 Å². The average Bonchev–Trinajstić information content (AvgIpc) is 3.01. The van der Waals surface area contributed by atoms with Crippen LogP contribution in [0.4, 0.5) is 10.9 Å². The van der Waals surface area contributed by atoms with Crippen LogP contribution < -0.4 is 5.32 Å². The lowest BCUT2D eigenvalue weighted by Gasteiger charge is -2.35. The van der Waals surface area contributed by atoms with Gasteiger partial charge in [-0.3, -0.25) is 4.98 Å². The lowest BCUT2D eigenvalue weighted by Crippen LogP contribution is -2.39. The zero-order valence-electron chi connectivity index (χ0n) is 12.5. The van der Waals surface area contributed by atoms with Crippen LogP contribution >= 0.6 is 11.3 Å². The minimum atomic E-state index is 0.442. The zero-order valence-corrected chi connectivity index (χ0v) is 13.3. The summed E-state index contributed by atoms with van der Waals surface area (Å²) in [6, 6.07) is 0.583. The largest absolute Gasteiger partial charge is 0.315 e. The van der Waals surface area contributed by atoms with E-state index in [0.717, 1.165) is 23.2 Å². The number of anilines is 2. The molecule has 6 heteroatoms. The maximum Gasteiger partial charge on any atom is 0.188 e. The van der Waals surface area contributed by atoms with E-state index in [4.69, 9.17) is 0 Å². The van der Waals surface area contributed by atoms with Gasteiger partial charge in [0.2, 0.25) is 0 Å². The monoisotopic (exact) mass is 303 g/mol. The van der Waals surface area contributed by atoms with E-state index in [-0.39, 0.29) is 0 Å². The first-order valence-electron chi connectivity index (χ1n) is 7.45. The standard InChI is InChI=1S/C15H21N5S/c1-11(2)20-8-3-4-12(10-20)13-14(17-6-5-16-13)19-15-18-7-9-21-15/h5-7,9,11-12H,3-4,8,10H2,1-2H3,(H,17,18,19)/t12-/m1/s1. The van der Waals surface area contributed by atoms with E-state index in [0.29, 0.717) is 12.0 Å². The van der Waals surface area contributed by atoms with Crippen molar-refractivity contribution in [3.63, 3.8) is 0 Å². The van der Waals surface area contributed by atoms with E-state index in [1.807, 2.05) is 5.38 Å². The van der Waals surface area contributed by atoms with Gasteiger partial charge >= 0.3 is 0 Å². The molecule has 3 rings (SSSR count). The summed E-state index contributed by atoms with van der Waals surface area (Å²) in [7, 11) is 0. The summed E-state index contributed by atoms with van der Waals surface area (Å²) in [6.07, 6.45) is 7.72. The van der Waals surface area contributed by atoms with Crippen LogP contribution in [0.15, 0.2) is 24.0 Å². The summed E-state index contributed by atoms with van der Waals surface area (Å²) in [4.78, 5) is 15.9. The number of thiazole rings is 1. The number of hydrogen-bond donors (Lipinski definition) is 1. The van der Waals surface area contributed by atoms with Crippen molar-refractivity contribution in [3.05, 3.63) is 29.7 Å². The highest BCUT2D eigenvalue weighted by molar-refractivity contribution is 7.13. The Morgan fingerprint density at radius 2 is 2.10 bits per heavy atom. The van der Waals surface area contributed by atoms with Crippen LogP contribution in [0.2, 0.25) is 0 Å². The molecular formula is C15H21N5S. The molecule has 0 saturated carbocycles. The van der Waals surface area contributed by atoms with Gasteiger partial charge in [-0.25, -0.2) is 9.97 Å². The smallest absolute Gasteiger partial charge is 0.188 e. The van der Waals surface area contributed by atoms with Gasteiger partial charge < -0.3 is 10.2 Å². The van der Waals surface area contributed by atoms with Gasteiger partial charge in [0.15, 0.2) is 10.9 Å². The molecule has 1 fully saturated rings. The third-order valence-corrected chi connectivity index (χ3v) is 4.64. The molecule has 2 aromatic heterocycles. The second-order valence-electron chi connectivity index (χ2n) is 5.68. The molecule has 1 aliphatic heterocycles. The van der Waals surface area contributed by atoms with Gasteiger partial charge in [0.1, 0.15) is 0 Å². The molecule has 5 nitrogen and oxygen atoms in total. The first-order valence-corrected chi connectivity index (χ1v) is 8.33. The molecular weight excluding hydrogens is 282 g/mol. The van der Waals surface area contributed by atoms with Gasteiger partial charge in [0, 0.05) is 42.5 Å². The van der Waals surface area contributed by atoms with E-state index in [9.17, 15) is 0 Å². The number of nitrogens with one attached hydrogen (secondary N) is 1. The molecule has 112 valence electrons. The summed E-state index contributed by atoms with van der Waals surface area (Å²) in [6.45, 7) is 6.76. The Morgan fingerprint density at radius 1 is 1.24 bits per heavy atom. The van der Waals surface area contributed by atoms with Gasteiger partial charge in [-0.1, -0.05) is 0 Å². The fraction of sp³-hybridized carbons (Fsp3) is 0.533. The lowest BCUT2D eigenvalue weighted by molar-refractivity contribution is 0.166. The number of rotatable bonds is 4. The van der Waals surface area contributed by atoms with Crippen LogP contribution in [0.5, 0.6) is 0 Å². The predicted molar refractivity (Wildman–Crippen MR) is 86.1 cm³/mol. The lowest BCUT2D eigenvalue weighted by atomic mass is 9.93. The molecule has 1 saturated heterocycles. The number of piperidine rings is 1. The normalized spacial score (nSPS) is 19.9. The average molecular weight is 303 g/mol. The molecule has 1 N–H and O–H groups in total. The molecule has 0 radical (unpaired) electrons. The quantitative estimate of drug-likeness (QED) is 0.939. The number of aromatic nitrogens is 3. The Labute approximate surface area is 129 Å².